The van der Waals surface area contributed by atoms with Crippen LogP contribution >= 0.6 is 0 Å². The molecule has 0 fully saturated rings. The van der Waals surface area contributed by atoms with Crippen LogP contribution in [0.1, 0.15) is 27.7 Å². The van der Waals surface area contributed by atoms with Crippen molar-refractivity contribution in [1.82, 2.24) is 4.72 Å². The summed E-state index contributed by atoms with van der Waals surface area (Å²) in [5.41, 5.74) is -0.780. The van der Waals surface area contributed by atoms with Gasteiger partial charge in [0.05, 0.1) is 0 Å². The van der Waals surface area contributed by atoms with Crippen molar-refractivity contribution < 1.29 is 26.7 Å². The molecule has 1 aromatic carbocycles. The van der Waals surface area contributed by atoms with Crippen molar-refractivity contribution in [3.63, 3.8) is 0 Å². The summed E-state index contributed by atoms with van der Waals surface area (Å²) in [6.45, 7) is 6.16. The predicted molar refractivity (Wildman–Crippen MR) is 72.0 cm³/mol. The Morgan fingerprint density at radius 3 is 2.33 bits per heavy atom. The Morgan fingerprint density at radius 1 is 1.29 bits per heavy atom. The first kappa shape index (κ1) is 17.5. The molecule has 1 N–H and O–H groups in total. The van der Waals surface area contributed by atoms with E-state index in [9.17, 15) is 22.0 Å². The second-order valence-electron chi connectivity index (χ2n) is 5.45. The lowest BCUT2D eigenvalue weighted by Crippen LogP contribution is -2.42. The molecule has 1 aromatic rings. The summed E-state index contributed by atoms with van der Waals surface area (Å²) in [6.07, 6.45) is 0. The highest BCUT2D eigenvalue weighted by Crippen LogP contribution is 2.16. The first-order valence-electron chi connectivity index (χ1n) is 6.12. The van der Waals surface area contributed by atoms with E-state index in [1.165, 1.54) is 6.92 Å². The summed E-state index contributed by atoms with van der Waals surface area (Å²) >= 11 is 0. The number of halogens is 2. The van der Waals surface area contributed by atoms with Gasteiger partial charge in [0.15, 0.2) is 0 Å². The highest BCUT2D eigenvalue weighted by atomic mass is 32.2. The van der Waals surface area contributed by atoms with E-state index >= 15 is 0 Å². The molecule has 0 aliphatic carbocycles. The Bertz CT molecular complexity index is 638. The third kappa shape index (κ3) is 5.05. The van der Waals surface area contributed by atoms with E-state index in [1.807, 2.05) is 4.72 Å². The third-order valence-electron chi connectivity index (χ3n) is 2.28. The molecule has 1 atom stereocenters. The average Bonchev–Trinajstić information content (AvgIpc) is 2.24. The molecule has 8 heteroatoms. The SMILES string of the molecule is C[C@H](NS(=O)(=O)c1ccc(F)cc1F)C(=O)OC(C)(C)C. The fourth-order valence-corrected chi connectivity index (χ4v) is 2.68. The lowest BCUT2D eigenvalue weighted by atomic mass is 10.2. The zero-order valence-corrected chi connectivity index (χ0v) is 12.9. The maximum absolute atomic E-state index is 13.5. The molecule has 0 spiro atoms. The molecule has 0 saturated carbocycles. The van der Waals surface area contributed by atoms with Gasteiger partial charge >= 0.3 is 5.97 Å². The molecule has 0 bridgehead atoms. The molecule has 0 unspecified atom stereocenters. The zero-order valence-electron chi connectivity index (χ0n) is 12.1. The molecule has 0 aromatic heterocycles. The van der Waals surface area contributed by atoms with Gasteiger partial charge in [-0.15, -0.1) is 0 Å². The van der Waals surface area contributed by atoms with Crippen molar-refractivity contribution in [3.05, 3.63) is 29.8 Å². The third-order valence-corrected chi connectivity index (χ3v) is 3.85. The summed E-state index contributed by atoms with van der Waals surface area (Å²) < 4.78 is 57.2. The van der Waals surface area contributed by atoms with E-state index in [0.29, 0.717) is 6.07 Å². The van der Waals surface area contributed by atoms with E-state index in [0.717, 1.165) is 12.1 Å². The molecular weight excluding hydrogens is 304 g/mol. The minimum atomic E-state index is -4.30. The van der Waals surface area contributed by atoms with Crippen LogP contribution in [0.5, 0.6) is 0 Å². The standard InChI is InChI=1S/C13H17F2NO4S/c1-8(12(17)20-13(2,3)4)16-21(18,19)11-6-5-9(14)7-10(11)15/h5-8,16H,1-4H3/t8-/m0/s1. The molecule has 0 aliphatic heterocycles. The Kier molecular flexibility index (Phi) is 5.06. The van der Waals surface area contributed by atoms with Crippen LogP contribution in [0, 0.1) is 11.6 Å². The highest BCUT2D eigenvalue weighted by Gasteiger charge is 2.28. The smallest absolute Gasteiger partial charge is 0.324 e. The normalized spacial score (nSPS) is 13.8. The number of ether oxygens (including phenoxy) is 1. The fourth-order valence-electron chi connectivity index (χ4n) is 1.43. The number of esters is 1. The summed E-state index contributed by atoms with van der Waals surface area (Å²) in [4.78, 5) is 11.0. The number of carbonyl (C=O) groups excluding carboxylic acids is 1. The van der Waals surface area contributed by atoms with Crippen LogP contribution in [-0.2, 0) is 19.6 Å². The van der Waals surface area contributed by atoms with Gasteiger partial charge in [0.25, 0.3) is 0 Å². The van der Waals surface area contributed by atoms with Crippen LogP contribution in [0.4, 0.5) is 8.78 Å². The van der Waals surface area contributed by atoms with Crippen molar-refractivity contribution in [2.45, 2.75) is 44.2 Å². The molecule has 0 radical (unpaired) electrons. The van der Waals surface area contributed by atoms with Crippen molar-refractivity contribution >= 4 is 16.0 Å². The molecule has 5 nitrogen and oxygen atoms in total. The number of sulfonamides is 1. The van der Waals surface area contributed by atoms with E-state index in [1.54, 1.807) is 20.8 Å². The molecule has 0 saturated heterocycles. The van der Waals surface area contributed by atoms with Crippen molar-refractivity contribution in [2.75, 3.05) is 0 Å². The molecule has 1 rings (SSSR count). The number of carbonyl (C=O) groups is 1. The van der Waals surface area contributed by atoms with Crippen LogP contribution in [0.3, 0.4) is 0 Å². The van der Waals surface area contributed by atoms with E-state index in [4.69, 9.17) is 4.74 Å². The first-order valence-corrected chi connectivity index (χ1v) is 7.61. The average molecular weight is 321 g/mol. The maximum atomic E-state index is 13.5. The summed E-state index contributed by atoms with van der Waals surface area (Å²) in [7, 11) is -4.30. The van der Waals surface area contributed by atoms with Crippen molar-refractivity contribution in [3.8, 4) is 0 Å². The minimum absolute atomic E-state index is 0.451. The number of benzene rings is 1. The van der Waals surface area contributed by atoms with E-state index < -0.39 is 44.2 Å². The van der Waals surface area contributed by atoms with Gasteiger partial charge in [-0.3, -0.25) is 4.79 Å². The van der Waals surface area contributed by atoms with Gasteiger partial charge in [0.2, 0.25) is 10.0 Å². The van der Waals surface area contributed by atoms with Crippen LogP contribution in [0.15, 0.2) is 23.1 Å². The van der Waals surface area contributed by atoms with Gasteiger partial charge < -0.3 is 4.74 Å². The highest BCUT2D eigenvalue weighted by molar-refractivity contribution is 7.89. The van der Waals surface area contributed by atoms with Gasteiger partial charge in [0, 0.05) is 6.07 Å². The summed E-state index contributed by atoms with van der Waals surface area (Å²) in [5.74, 6) is -2.93. The second-order valence-corrected chi connectivity index (χ2v) is 7.13. The van der Waals surface area contributed by atoms with Gasteiger partial charge in [-0.25, -0.2) is 17.2 Å². The zero-order chi connectivity index (χ0) is 16.4. The Morgan fingerprint density at radius 2 is 1.86 bits per heavy atom. The van der Waals surface area contributed by atoms with Crippen molar-refractivity contribution in [2.24, 2.45) is 0 Å². The minimum Gasteiger partial charge on any atom is -0.459 e. The molecule has 21 heavy (non-hydrogen) atoms. The van der Waals surface area contributed by atoms with Crippen LogP contribution in [-0.4, -0.2) is 26.0 Å². The topological polar surface area (TPSA) is 72.5 Å². The number of nitrogens with one attached hydrogen (secondary N) is 1. The quantitative estimate of drug-likeness (QED) is 0.861. The molecule has 0 aliphatic rings. The van der Waals surface area contributed by atoms with Gasteiger partial charge in [-0.2, -0.15) is 4.72 Å². The lowest BCUT2D eigenvalue weighted by molar-refractivity contribution is -0.156. The maximum Gasteiger partial charge on any atom is 0.324 e. The van der Waals surface area contributed by atoms with Gasteiger partial charge in [-0.05, 0) is 39.8 Å². The second kappa shape index (κ2) is 6.07. The largest absolute Gasteiger partial charge is 0.459 e. The van der Waals surface area contributed by atoms with Crippen LogP contribution in [0.2, 0.25) is 0 Å². The number of rotatable bonds is 4. The van der Waals surface area contributed by atoms with Crippen molar-refractivity contribution in [1.29, 1.82) is 0 Å². The molecule has 0 amide bonds. The molecular formula is C13H17F2NO4S. The van der Waals surface area contributed by atoms with E-state index in [2.05, 4.69) is 0 Å². The molecule has 0 heterocycles. The predicted octanol–water partition coefficient (Wildman–Crippen LogP) is 1.97. The summed E-state index contributed by atoms with van der Waals surface area (Å²) in [5, 5.41) is 0. The van der Waals surface area contributed by atoms with Gasteiger partial charge in [0.1, 0.15) is 28.2 Å². The van der Waals surface area contributed by atoms with Crippen LogP contribution in [0.25, 0.3) is 0 Å². The Hall–Kier alpha value is -1.54. The fraction of sp³-hybridized carbons (Fsp3) is 0.462. The Labute approximate surface area is 122 Å². The molecule has 118 valence electrons. The lowest BCUT2D eigenvalue weighted by Gasteiger charge is -2.22. The number of hydrogen-bond acceptors (Lipinski definition) is 4. The summed E-state index contributed by atoms with van der Waals surface area (Å²) in [6, 6.07) is 0.843. The van der Waals surface area contributed by atoms with Crippen LogP contribution < -0.4 is 4.72 Å². The monoisotopic (exact) mass is 321 g/mol. The van der Waals surface area contributed by atoms with E-state index in [-0.39, 0.29) is 0 Å². The Balaban J connectivity index is 2.92. The van der Waals surface area contributed by atoms with Gasteiger partial charge in [-0.1, -0.05) is 0 Å². The first-order chi connectivity index (χ1) is 9.42. The number of hydrogen-bond donors (Lipinski definition) is 1.